The van der Waals surface area contributed by atoms with Gasteiger partial charge in [-0.1, -0.05) is 36.0 Å². The number of aryl methyl sites for hydroxylation is 1. The van der Waals surface area contributed by atoms with E-state index in [1.165, 1.54) is 34.9 Å². The summed E-state index contributed by atoms with van der Waals surface area (Å²) in [4.78, 5) is 19.4. The van der Waals surface area contributed by atoms with Gasteiger partial charge in [0.25, 0.3) is 0 Å². The normalized spacial score (nSPS) is 17.7. The van der Waals surface area contributed by atoms with Crippen molar-refractivity contribution in [2.75, 3.05) is 22.9 Å². The minimum absolute atomic E-state index is 0.862. The van der Waals surface area contributed by atoms with Crippen LogP contribution in [-0.2, 0) is 5.75 Å². The van der Waals surface area contributed by atoms with Gasteiger partial charge in [-0.2, -0.15) is 4.98 Å². The fraction of sp³-hybridized carbons (Fsp3) is 0.286. The van der Waals surface area contributed by atoms with Gasteiger partial charge >= 0.3 is 0 Å². The van der Waals surface area contributed by atoms with E-state index in [-0.39, 0.29) is 0 Å². The number of fused-ring (bicyclic) bond motifs is 4. The van der Waals surface area contributed by atoms with Crippen molar-refractivity contribution in [2.24, 2.45) is 4.99 Å². The maximum Gasteiger partial charge on any atom is 0.227 e. The molecule has 0 spiro atoms. The monoisotopic (exact) mass is 373 g/mol. The Labute approximate surface area is 162 Å². The smallest absolute Gasteiger partial charge is 0.227 e. The molecule has 1 fully saturated rings. The second kappa shape index (κ2) is 5.70. The molecule has 5 nitrogen and oxygen atoms in total. The molecule has 0 radical (unpaired) electrons. The molecule has 0 atom stereocenters. The van der Waals surface area contributed by atoms with Gasteiger partial charge in [0.05, 0.1) is 11.4 Å². The Morgan fingerprint density at radius 2 is 1.81 bits per heavy atom. The molecule has 2 aromatic carbocycles. The van der Waals surface area contributed by atoms with Crippen molar-refractivity contribution in [3.8, 4) is 0 Å². The molecule has 6 heteroatoms. The standard InChI is InChI=1S/C21H19N5S/c1-13-15-12-27-21-23-16-8-4-6-14-7-5-9-17(18(14)16)26(21)19(15)24-20(22-13)25-10-2-3-11-25/h4-9H,2-3,10-12H2,1H3. The maximum absolute atomic E-state index is 5.05. The highest BCUT2D eigenvalue weighted by Crippen LogP contribution is 2.47. The summed E-state index contributed by atoms with van der Waals surface area (Å²) in [6.45, 7) is 4.21. The Bertz CT molecular complexity index is 1110. The zero-order valence-corrected chi connectivity index (χ0v) is 16.0. The van der Waals surface area contributed by atoms with Gasteiger partial charge in [-0.3, -0.25) is 4.90 Å². The molecule has 134 valence electrons. The van der Waals surface area contributed by atoms with E-state index in [9.17, 15) is 0 Å². The summed E-state index contributed by atoms with van der Waals surface area (Å²) in [6, 6.07) is 12.8. The Kier molecular flexibility index (Phi) is 3.26. The highest BCUT2D eigenvalue weighted by Gasteiger charge is 2.33. The third-order valence-electron chi connectivity index (χ3n) is 5.64. The van der Waals surface area contributed by atoms with E-state index >= 15 is 0 Å². The molecule has 0 aliphatic carbocycles. The van der Waals surface area contributed by atoms with E-state index in [1.54, 1.807) is 11.8 Å². The van der Waals surface area contributed by atoms with Crippen LogP contribution in [0.1, 0.15) is 24.1 Å². The highest BCUT2D eigenvalue weighted by molar-refractivity contribution is 8.13. The van der Waals surface area contributed by atoms with Crippen LogP contribution in [-0.4, -0.2) is 28.2 Å². The Hall–Kier alpha value is -2.60. The number of anilines is 3. The van der Waals surface area contributed by atoms with E-state index in [4.69, 9.17) is 15.0 Å². The van der Waals surface area contributed by atoms with E-state index in [0.29, 0.717) is 0 Å². The third-order valence-corrected chi connectivity index (χ3v) is 6.60. The minimum atomic E-state index is 0.862. The van der Waals surface area contributed by atoms with Gasteiger partial charge in [0.15, 0.2) is 5.17 Å². The van der Waals surface area contributed by atoms with Crippen LogP contribution in [0.25, 0.3) is 10.8 Å². The van der Waals surface area contributed by atoms with Crippen LogP contribution in [0.2, 0.25) is 0 Å². The summed E-state index contributed by atoms with van der Waals surface area (Å²) in [5.74, 6) is 2.74. The molecule has 0 unspecified atom stereocenters. The van der Waals surface area contributed by atoms with Crippen molar-refractivity contribution in [2.45, 2.75) is 25.5 Å². The fourth-order valence-electron chi connectivity index (χ4n) is 4.25. The topological polar surface area (TPSA) is 44.6 Å². The quantitative estimate of drug-likeness (QED) is 0.605. The average molecular weight is 373 g/mol. The summed E-state index contributed by atoms with van der Waals surface area (Å²) in [6.07, 6.45) is 2.44. The van der Waals surface area contributed by atoms with Crippen LogP contribution in [0.4, 0.5) is 23.1 Å². The van der Waals surface area contributed by atoms with Gasteiger partial charge in [-0.05, 0) is 37.3 Å². The first-order valence-electron chi connectivity index (χ1n) is 9.45. The van der Waals surface area contributed by atoms with Crippen molar-refractivity contribution < 1.29 is 0 Å². The molecule has 0 saturated carbocycles. The molecular formula is C21H19N5S. The predicted octanol–water partition coefficient (Wildman–Crippen LogP) is 4.92. The van der Waals surface area contributed by atoms with E-state index < -0.39 is 0 Å². The van der Waals surface area contributed by atoms with Crippen molar-refractivity contribution in [1.29, 1.82) is 0 Å². The number of benzene rings is 2. The first-order valence-corrected chi connectivity index (χ1v) is 10.4. The molecular weight excluding hydrogens is 354 g/mol. The van der Waals surface area contributed by atoms with Gasteiger partial charge in [-0.25, -0.2) is 9.98 Å². The lowest BCUT2D eigenvalue weighted by atomic mass is 10.0. The SMILES string of the molecule is Cc1nc(N2CCCC2)nc2c1CSC1=Nc3cccc4cccc(c34)N12. The van der Waals surface area contributed by atoms with Crippen LogP contribution < -0.4 is 9.80 Å². The minimum Gasteiger partial charge on any atom is -0.341 e. The molecule has 0 N–H and O–H groups in total. The van der Waals surface area contributed by atoms with Crippen LogP contribution in [0, 0.1) is 6.92 Å². The number of hydrogen-bond acceptors (Lipinski definition) is 6. The fourth-order valence-corrected chi connectivity index (χ4v) is 5.34. The molecule has 27 heavy (non-hydrogen) atoms. The van der Waals surface area contributed by atoms with E-state index in [2.05, 4.69) is 53.1 Å². The number of hydrogen-bond donors (Lipinski definition) is 0. The lowest BCUT2D eigenvalue weighted by Gasteiger charge is -2.35. The van der Waals surface area contributed by atoms with Gasteiger partial charge in [0.2, 0.25) is 5.95 Å². The van der Waals surface area contributed by atoms with Gasteiger partial charge in [-0.15, -0.1) is 0 Å². The Morgan fingerprint density at radius 3 is 2.67 bits per heavy atom. The molecule has 3 aliphatic rings. The number of nitrogens with zero attached hydrogens (tertiary/aromatic N) is 5. The van der Waals surface area contributed by atoms with Crippen LogP contribution in [0.3, 0.4) is 0 Å². The summed E-state index contributed by atoms with van der Waals surface area (Å²) in [5.41, 5.74) is 4.53. The Balaban J connectivity index is 1.60. The summed E-state index contributed by atoms with van der Waals surface area (Å²) in [7, 11) is 0. The van der Waals surface area contributed by atoms with Crippen LogP contribution in [0.5, 0.6) is 0 Å². The lowest BCUT2D eigenvalue weighted by Crippen LogP contribution is -2.32. The predicted molar refractivity (Wildman–Crippen MR) is 113 cm³/mol. The highest BCUT2D eigenvalue weighted by atomic mass is 32.2. The number of aliphatic imine (C=N–C) groups is 1. The molecule has 3 aliphatic heterocycles. The van der Waals surface area contributed by atoms with Crippen molar-refractivity contribution in [1.82, 2.24) is 9.97 Å². The maximum atomic E-state index is 5.05. The van der Waals surface area contributed by atoms with Gasteiger partial charge in [0, 0.05) is 35.5 Å². The van der Waals surface area contributed by atoms with Gasteiger partial charge < -0.3 is 4.90 Å². The van der Waals surface area contributed by atoms with Gasteiger partial charge in [0.1, 0.15) is 5.82 Å². The number of amidine groups is 1. The zero-order chi connectivity index (χ0) is 18.0. The second-order valence-corrected chi connectivity index (χ2v) is 8.22. The third kappa shape index (κ3) is 2.22. The molecule has 0 amide bonds. The van der Waals surface area contributed by atoms with Crippen molar-refractivity contribution in [3.05, 3.63) is 47.7 Å². The molecule has 0 bridgehead atoms. The van der Waals surface area contributed by atoms with Crippen molar-refractivity contribution >= 4 is 50.8 Å². The van der Waals surface area contributed by atoms with Crippen LogP contribution >= 0.6 is 11.8 Å². The van der Waals surface area contributed by atoms with E-state index in [1.807, 2.05) is 0 Å². The zero-order valence-electron chi connectivity index (χ0n) is 15.1. The van der Waals surface area contributed by atoms with Crippen molar-refractivity contribution in [3.63, 3.8) is 0 Å². The number of thioether (sulfide) groups is 1. The average Bonchev–Trinajstić information content (AvgIpc) is 3.23. The number of aromatic nitrogens is 2. The first-order chi connectivity index (χ1) is 13.3. The molecule has 6 rings (SSSR count). The molecule has 3 aromatic rings. The summed E-state index contributed by atoms with van der Waals surface area (Å²) < 4.78 is 0. The number of rotatable bonds is 1. The summed E-state index contributed by atoms with van der Waals surface area (Å²) in [5, 5.41) is 3.44. The Morgan fingerprint density at radius 1 is 1.00 bits per heavy atom. The molecule has 1 aromatic heterocycles. The largest absolute Gasteiger partial charge is 0.341 e. The van der Waals surface area contributed by atoms with Crippen LogP contribution in [0.15, 0.2) is 41.4 Å². The molecule has 1 saturated heterocycles. The lowest BCUT2D eigenvalue weighted by molar-refractivity contribution is 0.879. The summed E-state index contributed by atoms with van der Waals surface area (Å²) >= 11 is 1.77. The second-order valence-electron chi connectivity index (χ2n) is 7.28. The van der Waals surface area contributed by atoms with E-state index in [0.717, 1.165) is 47.2 Å². The molecule has 4 heterocycles. The first kappa shape index (κ1) is 15.5.